The minimum Gasteiger partial charge on any atom is -0.370 e. The Bertz CT molecular complexity index is 525. The van der Waals surface area contributed by atoms with Gasteiger partial charge >= 0.3 is 0 Å². The van der Waals surface area contributed by atoms with E-state index in [1.807, 2.05) is 25.3 Å². The zero-order valence-corrected chi connectivity index (χ0v) is 12.4. The number of hydrogen-bond acceptors (Lipinski definition) is 6. The van der Waals surface area contributed by atoms with Crippen molar-refractivity contribution in [3.8, 4) is 0 Å². The van der Waals surface area contributed by atoms with E-state index in [1.54, 1.807) is 23.1 Å². The van der Waals surface area contributed by atoms with E-state index in [0.29, 0.717) is 0 Å². The maximum absolute atomic E-state index is 4.43. The Labute approximate surface area is 115 Å². The first-order valence-corrected chi connectivity index (χ1v) is 7.56. The van der Waals surface area contributed by atoms with Crippen LogP contribution in [0.1, 0.15) is 24.9 Å². The summed E-state index contributed by atoms with van der Waals surface area (Å²) >= 11 is 3.23. The molecule has 2 heterocycles. The Morgan fingerprint density at radius 3 is 2.78 bits per heavy atom. The predicted octanol–water partition coefficient (Wildman–Crippen LogP) is 3.52. The number of nitrogens with zero attached hydrogens (tertiary/aromatic N) is 3. The number of nitrogens with one attached hydrogen (secondary N) is 1. The van der Waals surface area contributed by atoms with Crippen molar-refractivity contribution >= 4 is 28.9 Å². The molecule has 2 aromatic rings. The average Bonchev–Trinajstić information content (AvgIpc) is 2.71. The van der Waals surface area contributed by atoms with E-state index in [9.17, 15) is 0 Å². The van der Waals surface area contributed by atoms with Gasteiger partial charge in [-0.25, -0.2) is 15.0 Å². The second-order valence-electron chi connectivity index (χ2n) is 3.92. The molecule has 0 amide bonds. The van der Waals surface area contributed by atoms with Crippen molar-refractivity contribution in [2.45, 2.75) is 36.6 Å². The third-order valence-corrected chi connectivity index (χ3v) is 4.14. The van der Waals surface area contributed by atoms with Crippen LogP contribution >= 0.6 is 23.1 Å². The average molecular weight is 280 g/mol. The molecule has 0 saturated heterocycles. The second kappa shape index (κ2) is 6.15. The predicted molar refractivity (Wildman–Crippen MR) is 76.5 cm³/mol. The quantitative estimate of drug-likeness (QED) is 0.849. The summed E-state index contributed by atoms with van der Waals surface area (Å²) in [6.45, 7) is 6.97. The lowest BCUT2D eigenvalue weighted by atomic mass is 10.4. The van der Waals surface area contributed by atoms with Crippen LogP contribution in [0.25, 0.3) is 0 Å². The highest BCUT2D eigenvalue weighted by molar-refractivity contribution is 8.01. The molecule has 0 spiro atoms. The molecule has 0 aliphatic carbocycles. The van der Waals surface area contributed by atoms with Crippen LogP contribution in [0.4, 0.5) is 5.82 Å². The molecular formula is C12H16N4S2. The van der Waals surface area contributed by atoms with Crippen LogP contribution < -0.4 is 5.32 Å². The first-order chi connectivity index (χ1) is 8.67. The van der Waals surface area contributed by atoms with Crippen molar-refractivity contribution in [3.05, 3.63) is 23.0 Å². The maximum atomic E-state index is 4.43. The van der Waals surface area contributed by atoms with Crippen molar-refractivity contribution in [3.63, 3.8) is 0 Å². The minimum atomic E-state index is 0.784. The van der Waals surface area contributed by atoms with Gasteiger partial charge < -0.3 is 5.32 Å². The third-order valence-electron chi connectivity index (χ3n) is 2.16. The zero-order valence-electron chi connectivity index (χ0n) is 10.7. The van der Waals surface area contributed by atoms with Gasteiger partial charge in [0.15, 0.2) is 4.34 Å². The van der Waals surface area contributed by atoms with E-state index in [-0.39, 0.29) is 0 Å². The van der Waals surface area contributed by atoms with Crippen LogP contribution in [0.5, 0.6) is 0 Å². The number of aromatic nitrogens is 3. The molecule has 2 rings (SSSR count). The molecule has 0 unspecified atom stereocenters. The summed E-state index contributed by atoms with van der Waals surface area (Å²) in [7, 11) is 0. The van der Waals surface area contributed by atoms with Crippen molar-refractivity contribution < 1.29 is 0 Å². The highest BCUT2D eigenvalue weighted by Gasteiger charge is 2.06. The summed E-state index contributed by atoms with van der Waals surface area (Å²) in [5.74, 6) is 1.67. The lowest BCUT2D eigenvalue weighted by Gasteiger charge is -2.06. The van der Waals surface area contributed by atoms with Gasteiger partial charge in [-0.05, 0) is 32.0 Å². The number of aryl methyl sites for hydroxylation is 2. The largest absolute Gasteiger partial charge is 0.370 e. The van der Waals surface area contributed by atoms with E-state index in [1.165, 1.54) is 0 Å². The van der Waals surface area contributed by atoms with E-state index in [4.69, 9.17) is 0 Å². The Morgan fingerprint density at radius 1 is 1.28 bits per heavy atom. The lowest BCUT2D eigenvalue weighted by Crippen LogP contribution is -2.04. The molecule has 4 nitrogen and oxygen atoms in total. The number of anilines is 1. The fraction of sp³-hybridized carbons (Fsp3) is 0.417. The Kier molecular flexibility index (Phi) is 4.54. The van der Waals surface area contributed by atoms with E-state index >= 15 is 0 Å². The maximum Gasteiger partial charge on any atom is 0.156 e. The van der Waals surface area contributed by atoms with Crippen molar-refractivity contribution in [1.29, 1.82) is 0 Å². The minimum absolute atomic E-state index is 0.784. The molecule has 0 bridgehead atoms. The van der Waals surface area contributed by atoms with E-state index in [0.717, 1.165) is 39.7 Å². The van der Waals surface area contributed by atoms with Crippen LogP contribution in [0.3, 0.4) is 0 Å². The van der Waals surface area contributed by atoms with Gasteiger partial charge in [-0.3, -0.25) is 0 Å². The SMILES string of the molecule is CCCNc1cc(Sc2nc(C)cs2)nc(C)n1. The molecule has 1 N–H and O–H groups in total. The fourth-order valence-corrected chi connectivity index (χ4v) is 3.24. The van der Waals surface area contributed by atoms with Gasteiger partial charge in [-0.2, -0.15) is 0 Å². The van der Waals surface area contributed by atoms with Gasteiger partial charge in [-0.15, -0.1) is 11.3 Å². The fourth-order valence-electron chi connectivity index (χ4n) is 1.40. The van der Waals surface area contributed by atoms with Gasteiger partial charge in [0.25, 0.3) is 0 Å². The summed E-state index contributed by atoms with van der Waals surface area (Å²) in [6, 6.07) is 1.98. The first-order valence-electron chi connectivity index (χ1n) is 5.87. The van der Waals surface area contributed by atoms with E-state index in [2.05, 4.69) is 27.2 Å². The molecule has 2 aromatic heterocycles. The van der Waals surface area contributed by atoms with Crippen molar-refractivity contribution in [2.75, 3.05) is 11.9 Å². The van der Waals surface area contributed by atoms with E-state index < -0.39 is 0 Å². The molecule has 0 atom stereocenters. The summed E-state index contributed by atoms with van der Waals surface area (Å²) in [6.07, 6.45) is 1.08. The normalized spacial score (nSPS) is 10.6. The molecule has 18 heavy (non-hydrogen) atoms. The highest BCUT2D eigenvalue weighted by Crippen LogP contribution is 2.29. The lowest BCUT2D eigenvalue weighted by molar-refractivity contribution is 0.927. The summed E-state index contributed by atoms with van der Waals surface area (Å²) in [5, 5.41) is 6.27. The van der Waals surface area contributed by atoms with Gasteiger partial charge in [0.05, 0.1) is 0 Å². The second-order valence-corrected chi connectivity index (χ2v) is 6.05. The summed E-state index contributed by atoms with van der Waals surface area (Å²) < 4.78 is 1.02. The van der Waals surface area contributed by atoms with Crippen LogP contribution in [0.2, 0.25) is 0 Å². The molecule has 6 heteroatoms. The summed E-state index contributed by atoms with van der Waals surface area (Å²) in [4.78, 5) is 13.2. The molecule has 0 aliphatic heterocycles. The smallest absolute Gasteiger partial charge is 0.156 e. The molecule has 0 saturated carbocycles. The number of thiazole rings is 1. The van der Waals surface area contributed by atoms with Gasteiger partial charge in [-0.1, -0.05) is 6.92 Å². The van der Waals surface area contributed by atoms with Crippen molar-refractivity contribution in [2.24, 2.45) is 0 Å². The van der Waals surface area contributed by atoms with Gasteiger partial charge in [0.1, 0.15) is 16.7 Å². The first kappa shape index (κ1) is 13.3. The Hall–Kier alpha value is -1.14. The third kappa shape index (κ3) is 3.68. The van der Waals surface area contributed by atoms with Crippen LogP contribution in [0.15, 0.2) is 20.8 Å². The molecule has 0 fully saturated rings. The number of rotatable bonds is 5. The molecule has 0 aromatic carbocycles. The van der Waals surface area contributed by atoms with Gasteiger partial charge in [0, 0.05) is 23.7 Å². The zero-order chi connectivity index (χ0) is 13.0. The monoisotopic (exact) mass is 280 g/mol. The van der Waals surface area contributed by atoms with Crippen LogP contribution in [0, 0.1) is 13.8 Å². The summed E-state index contributed by atoms with van der Waals surface area (Å²) in [5.41, 5.74) is 1.05. The number of hydrogen-bond donors (Lipinski definition) is 1. The van der Waals surface area contributed by atoms with Crippen LogP contribution in [-0.2, 0) is 0 Å². The highest BCUT2D eigenvalue weighted by atomic mass is 32.2. The molecule has 0 radical (unpaired) electrons. The molecule has 96 valence electrons. The van der Waals surface area contributed by atoms with Crippen molar-refractivity contribution in [1.82, 2.24) is 15.0 Å². The topological polar surface area (TPSA) is 50.7 Å². The molecule has 0 aliphatic rings. The standard InChI is InChI=1S/C12H16N4S2/c1-4-5-13-10-6-11(16-9(3)15-10)18-12-14-8(2)7-17-12/h6-7H,4-5H2,1-3H3,(H,13,15,16). The molecular weight excluding hydrogens is 264 g/mol. The van der Waals surface area contributed by atoms with Gasteiger partial charge in [0.2, 0.25) is 0 Å². The Balaban J connectivity index is 2.14. The van der Waals surface area contributed by atoms with Crippen LogP contribution in [-0.4, -0.2) is 21.5 Å². The Morgan fingerprint density at radius 2 is 2.11 bits per heavy atom.